The van der Waals surface area contributed by atoms with E-state index in [0.717, 1.165) is 31.4 Å². The first-order valence-corrected chi connectivity index (χ1v) is 6.13. The third kappa shape index (κ3) is 2.56. The number of fused-ring (bicyclic) bond motifs is 1. The number of hydrogen-bond donors (Lipinski definition) is 1. The Bertz CT molecular complexity index is 360. The summed E-state index contributed by atoms with van der Waals surface area (Å²) in [4.78, 5) is 0. The molecule has 0 aromatic heterocycles. The quantitative estimate of drug-likeness (QED) is 0.845. The van der Waals surface area contributed by atoms with Gasteiger partial charge in [-0.1, -0.05) is 24.6 Å². The van der Waals surface area contributed by atoms with Crippen molar-refractivity contribution in [2.24, 2.45) is 0 Å². The molecule has 0 spiro atoms. The molecule has 1 aromatic rings. The lowest BCUT2D eigenvalue weighted by Crippen LogP contribution is -2.16. The van der Waals surface area contributed by atoms with Crippen LogP contribution in [0.4, 0.5) is 0 Å². The summed E-state index contributed by atoms with van der Waals surface area (Å²) in [6.45, 7) is 4.12. The second-order valence-electron chi connectivity index (χ2n) is 4.69. The maximum absolute atomic E-state index is 9.52. The van der Waals surface area contributed by atoms with Gasteiger partial charge in [-0.05, 0) is 37.8 Å². The molecule has 0 amide bonds. The fourth-order valence-electron chi connectivity index (χ4n) is 2.19. The topological polar surface area (TPSA) is 29.5 Å². The van der Waals surface area contributed by atoms with Crippen molar-refractivity contribution in [3.8, 4) is 5.75 Å². The van der Waals surface area contributed by atoms with E-state index in [2.05, 4.69) is 25.1 Å². The van der Waals surface area contributed by atoms with E-state index in [4.69, 9.17) is 4.74 Å². The Balaban J connectivity index is 1.90. The van der Waals surface area contributed by atoms with E-state index >= 15 is 0 Å². The summed E-state index contributed by atoms with van der Waals surface area (Å²) in [5, 5.41) is 9.52. The van der Waals surface area contributed by atoms with Gasteiger partial charge in [0.05, 0.1) is 6.10 Å². The van der Waals surface area contributed by atoms with Gasteiger partial charge >= 0.3 is 0 Å². The van der Waals surface area contributed by atoms with Crippen LogP contribution >= 0.6 is 0 Å². The molecule has 1 aliphatic rings. The molecule has 0 saturated heterocycles. The van der Waals surface area contributed by atoms with Gasteiger partial charge in [0.15, 0.2) is 0 Å². The van der Waals surface area contributed by atoms with E-state index in [1.54, 1.807) is 0 Å². The molecule has 2 unspecified atom stereocenters. The number of benzene rings is 1. The van der Waals surface area contributed by atoms with E-state index in [0.29, 0.717) is 0 Å². The van der Waals surface area contributed by atoms with Gasteiger partial charge in [0.25, 0.3) is 0 Å². The summed E-state index contributed by atoms with van der Waals surface area (Å²) in [6, 6.07) is 6.34. The lowest BCUT2D eigenvalue weighted by molar-refractivity contribution is 0.131. The Kier molecular flexibility index (Phi) is 3.49. The van der Waals surface area contributed by atoms with Crippen molar-refractivity contribution in [1.82, 2.24) is 0 Å². The average molecular weight is 220 g/mol. The van der Waals surface area contributed by atoms with Gasteiger partial charge in [-0.25, -0.2) is 0 Å². The van der Waals surface area contributed by atoms with Crippen LogP contribution in [0.3, 0.4) is 0 Å². The summed E-state index contributed by atoms with van der Waals surface area (Å²) < 4.78 is 5.85. The number of hydrogen-bond acceptors (Lipinski definition) is 2. The molecule has 88 valence electrons. The molecule has 0 fully saturated rings. The molecule has 2 nitrogen and oxygen atoms in total. The van der Waals surface area contributed by atoms with E-state index < -0.39 is 0 Å². The highest BCUT2D eigenvalue weighted by Gasteiger charge is 2.22. The zero-order valence-electron chi connectivity index (χ0n) is 10.1. The molecule has 1 heterocycles. The van der Waals surface area contributed by atoms with Crippen LogP contribution in [0.15, 0.2) is 18.2 Å². The van der Waals surface area contributed by atoms with Crippen LogP contribution in [-0.4, -0.2) is 17.3 Å². The van der Waals surface area contributed by atoms with Crippen LogP contribution in [0.25, 0.3) is 0 Å². The summed E-state index contributed by atoms with van der Waals surface area (Å²) in [7, 11) is 0. The Morgan fingerprint density at radius 3 is 3.06 bits per heavy atom. The molecule has 2 heteroatoms. The largest absolute Gasteiger partial charge is 0.490 e. The predicted octanol–water partition coefficient (Wildman–Crippen LogP) is 2.85. The predicted molar refractivity (Wildman–Crippen MR) is 64.8 cm³/mol. The number of aliphatic hydroxyl groups excluding tert-OH is 1. The van der Waals surface area contributed by atoms with E-state index in [1.807, 2.05) is 6.92 Å². The van der Waals surface area contributed by atoms with Crippen LogP contribution in [0, 0.1) is 6.92 Å². The van der Waals surface area contributed by atoms with E-state index in [9.17, 15) is 5.11 Å². The molecule has 16 heavy (non-hydrogen) atoms. The number of aryl methyl sites for hydroxylation is 1. The molecule has 0 saturated carbocycles. The molecule has 0 bridgehead atoms. The molecular formula is C14H20O2. The minimum atomic E-state index is -0.172. The van der Waals surface area contributed by atoms with Gasteiger partial charge in [0, 0.05) is 6.42 Å². The fourth-order valence-corrected chi connectivity index (χ4v) is 2.19. The average Bonchev–Trinajstić information content (AvgIpc) is 2.67. The van der Waals surface area contributed by atoms with Gasteiger partial charge in [-0.2, -0.15) is 0 Å². The van der Waals surface area contributed by atoms with E-state index in [-0.39, 0.29) is 12.2 Å². The highest BCUT2D eigenvalue weighted by molar-refractivity contribution is 5.40. The summed E-state index contributed by atoms with van der Waals surface area (Å²) in [5.74, 6) is 1.03. The lowest BCUT2D eigenvalue weighted by Gasteiger charge is -2.12. The maximum Gasteiger partial charge on any atom is 0.123 e. The molecule has 2 rings (SSSR count). The monoisotopic (exact) mass is 220 g/mol. The standard InChI is InChI=1S/C14H20O2/c1-3-12(15)5-6-13-9-11-8-10(2)4-7-14(11)16-13/h4,7-8,12-13,15H,3,5-6,9H2,1-2H3. The smallest absolute Gasteiger partial charge is 0.123 e. The Hall–Kier alpha value is -1.02. The highest BCUT2D eigenvalue weighted by atomic mass is 16.5. The van der Waals surface area contributed by atoms with Gasteiger partial charge in [-0.3, -0.25) is 0 Å². The highest BCUT2D eigenvalue weighted by Crippen LogP contribution is 2.31. The second kappa shape index (κ2) is 4.88. The normalized spacial score (nSPS) is 20.3. The number of aliphatic hydroxyl groups is 1. The fraction of sp³-hybridized carbons (Fsp3) is 0.571. The van der Waals surface area contributed by atoms with Crippen LogP contribution in [0.5, 0.6) is 5.75 Å². The molecule has 1 aliphatic heterocycles. The molecular weight excluding hydrogens is 200 g/mol. The number of ether oxygens (including phenoxy) is 1. The molecule has 0 radical (unpaired) electrons. The first-order chi connectivity index (χ1) is 7.69. The summed E-state index contributed by atoms with van der Waals surface area (Å²) >= 11 is 0. The maximum atomic E-state index is 9.52. The summed E-state index contributed by atoms with van der Waals surface area (Å²) in [6.07, 6.45) is 3.70. The molecule has 2 atom stereocenters. The third-order valence-corrected chi connectivity index (χ3v) is 3.25. The zero-order chi connectivity index (χ0) is 11.5. The minimum absolute atomic E-state index is 0.172. The first-order valence-electron chi connectivity index (χ1n) is 6.13. The molecule has 0 aliphatic carbocycles. The SMILES string of the molecule is CCC(O)CCC1Cc2cc(C)ccc2O1. The summed E-state index contributed by atoms with van der Waals surface area (Å²) in [5.41, 5.74) is 2.60. The lowest BCUT2D eigenvalue weighted by atomic mass is 10.0. The number of rotatable bonds is 4. The van der Waals surface area contributed by atoms with Crippen molar-refractivity contribution in [3.63, 3.8) is 0 Å². The van der Waals surface area contributed by atoms with Gasteiger partial charge in [-0.15, -0.1) is 0 Å². The third-order valence-electron chi connectivity index (χ3n) is 3.25. The van der Waals surface area contributed by atoms with Crippen molar-refractivity contribution in [3.05, 3.63) is 29.3 Å². The Labute approximate surface area is 97.3 Å². The van der Waals surface area contributed by atoms with Crippen molar-refractivity contribution >= 4 is 0 Å². The minimum Gasteiger partial charge on any atom is -0.490 e. The zero-order valence-corrected chi connectivity index (χ0v) is 10.1. The first kappa shape index (κ1) is 11.5. The van der Waals surface area contributed by atoms with Crippen LogP contribution in [-0.2, 0) is 6.42 Å². The molecule has 1 N–H and O–H groups in total. The second-order valence-corrected chi connectivity index (χ2v) is 4.69. The van der Waals surface area contributed by atoms with Crippen LogP contribution < -0.4 is 4.74 Å². The Morgan fingerprint density at radius 2 is 2.31 bits per heavy atom. The van der Waals surface area contributed by atoms with Crippen LogP contribution in [0.1, 0.15) is 37.3 Å². The van der Waals surface area contributed by atoms with E-state index in [1.165, 1.54) is 11.1 Å². The van der Waals surface area contributed by atoms with Crippen molar-refractivity contribution in [2.75, 3.05) is 0 Å². The van der Waals surface area contributed by atoms with Gasteiger partial charge in [0.2, 0.25) is 0 Å². The van der Waals surface area contributed by atoms with Crippen molar-refractivity contribution in [2.45, 2.75) is 51.7 Å². The van der Waals surface area contributed by atoms with Crippen molar-refractivity contribution in [1.29, 1.82) is 0 Å². The Morgan fingerprint density at radius 1 is 1.50 bits per heavy atom. The van der Waals surface area contributed by atoms with Gasteiger partial charge < -0.3 is 9.84 Å². The van der Waals surface area contributed by atoms with Crippen molar-refractivity contribution < 1.29 is 9.84 Å². The van der Waals surface area contributed by atoms with Gasteiger partial charge in [0.1, 0.15) is 11.9 Å². The molecule has 1 aromatic carbocycles. The van der Waals surface area contributed by atoms with Crippen LogP contribution in [0.2, 0.25) is 0 Å².